The van der Waals surface area contributed by atoms with E-state index in [1.165, 1.54) is 6.92 Å². The highest BCUT2D eigenvalue weighted by Gasteiger charge is 2.18. The Morgan fingerprint density at radius 3 is 1.94 bits per heavy atom. The van der Waals surface area contributed by atoms with Crippen LogP contribution in [0, 0.1) is 24.1 Å². The second kappa shape index (κ2) is 6.79. The Balaban J connectivity index is 2.04. The van der Waals surface area contributed by atoms with E-state index in [1.807, 2.05) is 78.9 Å². The maximum absolute atomic E-state index is 14.7. The summed E-state index contributed by atoms with van der Waals surface area (Å²) in [6.45, 7) is 1.50. The Bertz CT molecular complexity index is 1820. The van der Waals surface area contributed by atoms with Crippen molar-refractivity contribution in [1.82, 2.24) is 4.98 Å². The number of aromatic nitrogens is 1. The highest BCUT2D eigenvalue weighted by Crippen LogP contribution is 2.37. The van der Waals surface area contributed by atoms with E-state index in [2.05, 4.69) is 4.98 Å². The van der Waals surface area contributed by atoms with Crippen molar-refractivity contribution in [3.8, 4) is 6.07 Å². The number of benzene rings is 4. The zero-order valence-corrected chi connectivity index (χ0v) is 17.0. The Morgan fingerprint density at radius 2 is 1.34 bits per heavy atom. The van der Waals surface area contributed by atoms with Gasteiger partial charge in [0.05, 0.1) is 5.69 Å². The molecular formula is C27H15FN2O2. The number of hydrogen-bond donors (Lipinski definition) is 0. The van der Waals surface area contributed by atoms with Gasteiger partial charge in [0.1, 0.15) is 22.8 Å². The predicted octanol–water partition coefficient (Wildman–Crippen LogP) is 7.48. The van der Waals surface area contributed by atoms with Crippen LogP contribution in [0.2, 0.25) is 0 Å². The highest BCUT2D eigenvalue weighted by molar-refractivity contribution is 6.24. The van der Waals surface area contributed by atoms with Crippen LogP contribution in [0.25, 0.3) is 54.8 Å². The highest BCUT2D eigenvalue weighted by atomic mass is 19.1. The molecule has 0 aliphatic heterocycles. The Labute approximate surface area is 181 Å². The zero-order chi connectivity index (χ0) is 21.8. The van der Waals surface area contributed by atoms with Gasteiger partial charge in [-0.3, -0.25) is 0 Å². The number of nitrogens with zero attached hydrogens (tertiary/aromatic N) is 2. The van der Waals surface area contributed by atoms with Gasteiger partial charge in [0.15, 0.2) is 5.82 Å². The fourth-order valence-electron chi connectivity index (χ4n) is 4.31. The van der Waals surface area contributed by atoms with Gasteiger partial charge in [-0.05, 0) is 40.6 Å². The monoisotopic (exact) mass is 418 g/mol. The van der Waals surface area contributed by atoms with Crippen LogP contribution in [0.4, 0.5) is 4.39 Å². The molecule has 0 atom stereocenters. The lowest BCUT2D eigenvalue weighted by atomic mass is 9.98. The first-order valence-electron chi connectivity index (χ1n) is 10.2. The molecule has 0 saturated carbocycles. The van der Waals surface area contributed by atoms with Crippen molar-refractivity contribution in [3.05, 3.63) is 89.9 Å². The fraction of sp³-hybridized carbons (Fsp3) is 0.0370. The molecular weight excluding hydrogens is 403 g/mol. The van der Waals surface area contributed by atoms with E-state index >= 15 is 0 Å². The second-order valence-electron chi connectivity index (χ2n) is 7.66. The molecule has 0 radical (unpaired) electrons. The molecule has 6 rings (SSSR count). The van der Waals surface area contributed by atoms with Crippen molar-refractivity contribution in [3.63, 3.8) is 0 Å². The van der Waals surface area contributed by atoms with Gasteiger partial charge in [-0.2, -0.15) is 5.26 Å². The third-order valence-corrected chi connectivity index (χ3v) is 5.79. The topological polar surface area (TPSA) is 63.0 Å². The van der Waals surface area contributed by atoms with Crippen molar-refractivity contribution >= 4 is 54.8 Å². The van der Waals surface area contributed by atoms with E-state index in [0.717, 1.165) is 32.3 Å². The number of pyridine rings is 1. The van der Waals surface area contributed by atoms with Gasteiger partial charge in [-0.15, -0.1) is 0 Å². The Hall–Kier alpha value is -4.43. The van der Waals surface area contributed by atoms with Gasteiger partial charge >= 0.3 is 0 Å². The molecule has 152 valence electrons. The van der Waals surface area contributed by atoms with Crippen molar-refractivity contribution in [1.29, 1.82) is 5.26 Å². The molecule has 32 heavy (non-hydrogen) atoms. The van der Waals surface area contributed by atoms with E-state index in [1.54, 1.807) is 0 Å². The Morgan fingerprint density at radius 1 is 0.781 bits per heavy atom. The molecule has 0 amide bonds. The van der Waals surface area contributed by atoms with Gasteiger partial charge in [-0.1, -0.05) is 60.7 Å². The quantitative estimate of drug-likeness (QED) is 0.256. The summed E-state index contributed by atoms with van der Waals surface area (Å²) in [4.78, 5) is 4.26. The number of hydrogen-bond acceptors (Lipinski definition) is 4. The number of aryl methyl sites for hydroxylation is 1. The summed E-state index contributed by atoms with van der Waals surface area (Å²) >= 11 is 0. The molecule has 0 aliphatic rings. The maximum Gasteiger partial charge on any atom is 0.265 e. The van der Waals surface area contributed by atoms with E-state index in [9.17, 15) is 9.65 Å². The van der Waals surface area contributed by atoms with Crippen LogP contribution >= 0.6 is 0 Å². The van der Waals surface area contributed by atoms with Gasteiger partial charge < -0.3 is 8.83 Å². The van der Waals surface area contributed by atoms with Gasteiger partial charge in [-0.25, -0.2) is 9.37 Å². The Kier molecular flexibility index (Phi) is 3.89. The fourth-order valence-corrected chi connectivity index (χ4v) is 4.31. The molecule has 0 aliphatic carbocycles. The molecule has 0 fully saturated rings. The summed E-state index contributed by atoms with van der Waals surface area (Å²) in [7, 11) is 0. The van der Waals surface area contributed by atoms with E-state index in [0.29, 0.717) is 11.2 Å². The molecule has 2 aromatic heterocycles. The van der Waals surface area contributed by atoms with Crippen molar-refractivity contribution in [2.24, 2.45) is 0 Å². The summed E-state index contributed by atoms with van der Waals surface area (Å²) in [6.07, 6.45) is 0. The van der Waals surface area contributed by atoms with E-state index in [-0.39, 0.29) is 22.6 Å². The van der Waals surface area contributed by atoms with Gasteiger partial charge in [0, 0.05) is 10.8 Å². The van der Waals surface area contributed by atoms with Crippen LogP contribution < -0.4 is 0 Å². The van der Waals surface area contributed by atoms with Crippen LogP contribution in [0.15, 0.2) is 81.6 Å². The van der Waals surface area contributed by atoms with Crippen LogP contribution in [-0.4, -0.2) is 4.98 Å². The third-order valence-electron chi connectivity index (χ3n) is 5.79. The lowest BCUT2D eigenvalue weighted by molar-refractivity contribution is 0.572. The average Bonchev–Trinajstić information content (AvgIpc) is 2.81. The first-order valence-corrected chi connectivity index (χ1v) is 10.2. The first-order chi connectivity index (χ1) is 15.7. The van der Waals surface area contributed by atoms with Crippen molar-refractivity contribution in [2.45, 2.75) is 6.92 Å². The molecule has 0 saturated heterocycles. The summed E-state index contributed by atoms with van der Waals surface area (Å²) in [5.41, 5.74) is 0.962. The van der Waals surface area contributed by atoms with Crippen molar-refractivity contribution in [2.75, 3.05) is 0 Å². The molecule has 5 heteroatoms. The summed E-state index contributed by atoms with van der Waals surface area (Å²) in [5, 5.41) is 15.4. The molecule has 0 N–H and O–H groups in total. The summed E-state index contributed by atoms with van der Waals surface area (Å²) < 4.78 is 27.2. The predicted molar refractivity (Wildman–Crippen MR) is 123 cm³/mol. The minimum Gasteiger partial charge on any atom is -0.449 e. The SMILES string of the molecule is Cc1nc2oc3ccc4ccccc4c3c3c(ccc4ccccc43)oc2c(C#N)c1F. The number of fused-ring (bicyclic) bond motifs is 8. The largest absolute Gasteiger partial charge is 0.449 e. The molecule has 6 aromatic rings. The normalized spacial score (nSPS) is 11.4. The summed E-state index contributed by atoms with van der Waals surface area (Å²) in [6, 6.07) is 25.6. The zero-order valence-electron chi connectivity index (χ0n) is 17.0. The third kappa shape index (κ3) is 2.57. The molecule has 2 heterocycles. The van der Waals surface area contributed by atoms with Crippen molar-refractivity contribution < 1.29 is 13.2 Å². The molecule has 0 bridgehead atoms. The molecule has 4 nitrogen and oxygen atoms in total. The average molecular weight is 418 g/mol. The van der Waals surface area contributed by atoms with Gasteiger partial charge in [0.25, 0.3) is 5.71 Å². The smallest absolute Gasteiger partial charge is 0.265 e. The maximum atomic E-state index is 14.7. The first kappa shape index (κ1) is 18.3. The molecule has 0 unspecified atom stereocenters. The minimum atomic E-state index is -0.712. The lowest BCUT2D eigenvalue weighted by Crippen LogP contribution is -1.95. The van der Waals surface area contributed by atoms with Crippen LogP contribution in [0.5, 0.6) is 0 Å². The lowest BCUT2D eigenvalue weighted by Gasteiger charge is -2.10. The van der Waals surface area contributed by atoms with E-state index in [4.69, 9.17) is 8.83 Å². The van der Waals surface area contributed by atoms with Crippen LogP contribution in [-0.2, 0) is 0 Å². The van der Waals surface area contributed by atoms with Crippen LogP contribution in [0.1, 0.15) is 11.3 Å². The standard InChI is InChI=1S/C27H15FN2O2/c1-15-25(28)20(14-29)26-27(30-15)32-22-13-11-17-7-3-5-9-19(17)24(22)23-18-8-4-2-6-16(18)10-12-21(23)31-26/h2-13H,1H3. The molecule has 4 aromatic carbocycles. The number of rotatable bonds is 0. The molecule has 0 spiro atoms. The van der Waals surface area contributed by atoms with Gasteiger partial charge in [0.2, 0.25) is 5.58 Å². The summed E-state index contributed by atoms with van der Waals surface area (Å²) in [5.74, 6) is -0.712. The number of nitriles is 1. The second-order valence-corrected chi connectivity index (χ2v) is 7.66. The number of halogens is 1. The minimum absolute atomic E-state index is 0.0223. The van der Waals surface area contributed by atoms with E-state index < -0.39 is 5.82 Å². The van der Waals surface area contributed by atoms with Crippen LogP contribution in [0.3, 0.4) is 0 Å².